The molecular weight excluding hydrogens is 370 g/mol. The molecule has 6 nitrogen and oxygen atoms in total. The Bertz CT molecular complexity index is 907. The van der Waals surface area contributed by atoms with E-state index in [2.05, 4.69) is 58.5 Å². The molecule has 2 heterocycles. The number of aromatic nitrogens is 2. The number of guanidine groups is 1. The molecule has 0 bridgehead atoms. The van der Waals surface area contributed by atoms with Crippen molar-refractivity contribution in [3.8, 4) is 11.5 Å². The molecule has 28 heavy (non-hydrogen) atoms. The lowest BCUT2D eigenvalue weighted by molar-refractivity contribution is 0.572. The average molecular weight is 398 g/mol. The summed E-state index contributed by atoms with van der Waals surface area (Å²) in [6.45, 7) is 7.76. The van der Waals surface area contributed by atoms with Gasteiger partial charge in [-0.3, -0.25) is 4.99 Å². The highest BCUT2D eigenvalue weighted by Crippen LogP contribution is 2.19. The summed E-state index contributed by atoms with van der Waals surface area (Å²) in [6.07, 6.45) is 3.38. The van der Waals surface area contributed by atoms with Gasteiger partial charge in [-0.05, 0) is 32.9 Å². The van der Waals surface area contributed by atoms with E-state index in [0.717, 1.165) is 53.8 Å². The third-order valence-electron chi connectivity index (χ3n) is 4.45. The van der Waals surface area contributed by atoms with E-state index in [9.17, 15) is 0 Å². The van der Waals surface area contributed by atoms with Crippen LogP contribution in [-0.2, 0) is 12.8 Å². The number of nitrogens with one attached hydrogen (secondary N) is 2. The minimum absolute atomic E-state index is 0.659. The van der Waals surface area contributed by atoms with Gasteiger partial charge in [-0.25, -0.2) is 9.97 Å². The highest BCUT2D eigenvalue weighted by Gasteiger charge is 2.07. The SMILES string of the molecule is CN=C(NCCc1coc(-c2ccc(C)cc2)n1)NCCc1nc(C)c(C)s1. The molecule has 0 amide bonds. The van der Waals surface area contributed by atoms with Crippen LogP contribution in [0.1, 0.15) is 26.8 Å². The van der Waals surface area contributed by atoms with Gasteiger partial charge in [0.2, 0.25) is 5.89 Å². The van der Waals surface area contributed by atoms with Crippen molar-refractivity contribution >= 4 is 17.3 Å². The number of aryl methyl sites for hydroxylation is 3. The fraction of sp³-hybridized carbons (Fsp3) is 0.381. The third-order valence-corrected chi connectivity index (χ3v) is 5.58. The molecule has 0 aliphatic carbocycles. The van der Waals surface area contributed by atoms with Crippen LogP contribution in [0.3, 0.4) is 0 Å². The Morgan fingerprint density at radius 3 is 2.39 bits per heavy atom. The molecule has 0 unspecified atom stereocenters. The fourth-order valence-electron chi connectivity index (χ4n) is 2.71. The maximum absolute atomic E-state index is 5.61. The Balaban J connectivity index is 1.42. The normalized spacial score (nSPS) is 11.6. The predicted octanol–water partition coefficient (Wildman–Crippen LogP) is 3.67. The first-order valence-corrected chi connectivity index (χ1v) is 10.3. The molecule has 7 heteroatoms. The topological polar surface area (TPSA) is 75.3 Å². The predicted molar refractivity (Wildman–Crippen MR) is 115 cm³/mol. The molecule has 1 aromatic carbocycles. The Morgan fingerprint density at radius 1 is 1.04 bits per heavy atom. The molecular formula is C21H27N5OS. The van der Waals surface area contributed by atoms with Crippen molar-refractivity contribution in [2.45, 2.75) is 33.6 Å². The van der Waals surface area contributed by atoms with Crippen LogP contribution < -0.4 is 10.6 Å². The summed E-state index contributed by atoms with van der Waals surface area (Å²) in [5.41, 5.74) is 4.26. The van der Waals surface area contributed by atoms with Crippen LogP contribution >= 0.6 is 11.3 Å². The lowest BCUT2D eigenvalue weighted by atomic mass is 10.1. The van der Waals surface area contributed by atoms with Gasteiger partial charge in [-0.1, -0.05) is 17.7 Å². The number of nitrogens with zero attached hydrogens (tertiary/aromatic N) is 3. The molecule has 0 saturated heterocycles. The molecule has 3 aromatic rings. The summed E-state index contributed by atoms with van der Waals surface area (Å²) >= 11 is 1.76. The van der Waals surface area contributed by atoms with Gasteiger partial charge in [-0.2, -0.15) is 0 Å². The number of hydrogen-bond acceptors (Lipinski definition) is 5. The zero-order valence-corrected chi connectivity index (χ0v) is 17.7. The summed E-state index contributed by atoms with van der Waals surface area (Å²) in [7, 11) is 1.78. The molecule has 0 fully saturated rings. The van der Waals surface area contributed by atoms with Crippen molar-refractivity contribution in [2.24, 2.45) is 4.99 Å². The summed E-state index contributed by atoms with van der Waals surface area (Å²) < 4.78 is 5.61. The van der Waals surface area contributed by atoms with Crippen molar-refractivity contribution in [1.29, 1.82) is 0 Å². The van der Waals surface area contributed by atoms with E-state index in [4.69, 9.17) is 4.42 Å². The molecule has 0 spiro atoms. The van der Waals surface area contributed by atoms with Crippen molar-refractivity contribution < 1.29 is 4.42 Å². The number of thiazole rings is 1. The van der Waals surface area contributed by atoms with Crippen LogP contribution in [0.5, 0.6) is 0 Å². The van der Waals surface area contributed by atoms with Crippen molar-refractivity contribution in [2.75, 3.05) is 20.1 Å². The summed E-state index contributed by atoms with van der Waals surface area (Å²) in [4.78, 5) is 14.7. The summed E-state index contributed by atoms with van der Waals surface area (Å²) in [5.74, 6) is 1.44. The number of aliphatic imine (C=N–C) groups is 1. The first kappa shape index (κ1) is 20.1. The molecule has 0 aliphatic heterocycles. The van der Waals surface area contributed by atoms with Crippen LogP contribution in [0.15, 0.2) is 39.9 Å². The van der Waals surface area contributed by atoms with Crippen molar-refractivity contribution in [1.82, 2.24) is 20.6 Å². The number of benzene rings is 1. The van der Waals surface area contributed by atoms with E-state index in [-0.39, 0.29) is 0 Å². The minimum Gasteiger partial charge on any atom is -0.444 e. The zero-order chi connectivity index (χ0) is 19.9. The van der Waals surface area contributed by atoms with Gasteiger partial charge < -0.3 is 15.1 Å². The third kappa shape index (κ3) is 5.42. The van der Waals surface area contributed by atoms with E-state index < -0.39 is 0 Å². The second-order valence-corrected chi connectivity index (χ2v) is 7.97. The molecule has 0 atom stereocenters. The van der Waals surface area contributed by atoms with Gasteiger partial charge in [0.25, 0.3) is 0 Å². The molecule has 0 saturated carbocycles. The summed E-state index contributed by atoms with van der Waals surface area (Å²) in [6, 6.07) is 8.18. The van der Waals surface area contributed by atoms with E-state index in [1.807, 2.05) is 12.1 Å². The lowest BCUT2D eigenvalue weighted by Gasteiger charge is -2.10. The minimum atomic E-state index is 0.659. The second-order valence-electron chi connectivity index (χ2n) is 6.68. The second kappa shape index (κ2) is 9.50. The van der Waals surface area contributed by atoms with Gasteiger partial charge in [-0.15, -0.1) is 11.3 Å². The lowest BCUT2D eigenvalue weighted by Crippen LogP contribution is -2.39. The largest absolute Gasteiger partial charge is 0.444 e. The highest BCUT2D eigenvalue weighted by atomic mass is 32.1. The number of oxazole rings is 1. The van der Waals surface area contributed by atoms with E-state index >= 15 is 0 Å². The van der Waals surface area contributed by atoms with E-state index in [1.165, 1.54) is 10.4 Å². The Labute approximate surface area is 170 Å². The molecule has 0 aliphatic rings. The first-order valence-electron chi connectivity index (χ1n) is 9.44. The van der Waals surface area contributed by atoms with E-state index in [0.29, 0.717) is 5.89 Å². The number of rotatable bonds is 7. The fourth-order valence-corrected chi connectivity index (χ4v) is 3.65. The highest BCUT2D eigenvalue weighted by molar-refractivity contribution is 7.11. The smallest absolute Gasteiger partial charge is 0.226 e. The molecule has 2 N–H and O–H groups in total. The zero-order valence-electron chi connectivity index (χ0n) is 16.9. The van der Waals surface area contributed by atoms with Crippen LogP contribution in [0.4, 0.5) is 0 Å². The molecule has 0 radical (unpaired) electrons. The van der Waals surface area contributed by atoms with Crippen LogP contribution in [-0.4, -0.2) is 36.1 Å². The van der Waals surface area contributed by atoms with Gasteiger partial charge in [0.05, 0.1) is 16.4 Å². The van der Waals surface area contributed by atoms with Crippen LogP contribution in [0.2, 0.25) is 0 Å². The first-order chi connectivity index (χ1) is 13.5. The standard InChI is InChI=1S/C21H27N5OS/c1-14-5-7-17(8-6-14)20-26-18(13-27-20)9-11-23-21(22-4)24-12-10-19-25-15(2)16(3)28-19/h5-8,13H,9-12H2,1-4H3,(H2,22,23,24). The van der Waals surface area contributed by atoms with E-state index in [1.54, 1.807) is 24.6 Å². The van der Waals surface area contributed by atoms with Gasteiger partial charge >= 0.3 is 0 Å². The van der Waals surface area contributed by atoms with Gasteiger partial charge in [0.1, 0.15) is 6.26 Å². The average Bonchev–Trinajstić information content (AvgIpc) is 3.28. The number of hydrogen-bond donors (Lipinski definition) is 2. The Morgan fingerprint density at radius 2 is 1.75 bits per heavy atom. The molecule has 3 rings (SSSR count). The Hall–Kier alpha value is -2.67. The monoisotopic (exact) mass is 397 g/mol. The quantitative estimate of drug-likeness (QED) is 0.470. The van der Waals surface area contributed by atoms with Gasteiger partial charge in [0.15, 0.2) is 5.96 Å². The van der Waals surface area contributed by atoms with Crippen LogP contribution in [0.25, 0.3) is 11.5 Å². The maximum Gasteiger partial charge on any atom is 0.226 e. The van der Waals surface area contributed by atoms with Crippen molar-refractivity contribution in [3.05, 3.63) is 57.4 Å². The Kier molecular flexibility index (Phi) is 6.81. The molecule has 2 aromatic heterocycles. The maximum atomic E-state index is 5.61. The summed E-state index contributed by atoms with van der Waals surface area (Å²) in [5, 5.41) is 7.81. The van der Waals surface area contributed by atoms with Crippen molar-refractivity contribution in [3.63, 3.8) is 0 Å². The van der Waals surface area contributed by atoms with Crippen LogP contribution in [0, 0.1) is 20.8 Å². The molecule has 148 valence electrons. The van der Waals surface area contributed by atoms with Gasteiger partial charge in [0, 0.05) is 43.4 Å².